The van der Waals surface area contributed by atoms with Crippen LogP contribution in [0.15, 0.2) is 36.7 Å². The van der Waals surface area contributed by atoms with E-state index >= 15 is 0 Å². The van der Waals surface area contributed by atoms with Crippen molar-refractivity contribution in [3.8, 4) is 0 Å². The van der Waals surface area contributed by atoms with Crippen LogP contribution in [0.2, 0.25) is 5.02 Å². The van der Waals surface area contributed by atoms with Gasteiger partial charge < -0.3 is 15.5 Å². The zero-order valence-electron chi connectivity index (χ0n) is 17.7. The molecule has 0 atom stereocenters. The molecule has 0 bridgehead atoms. The summed E-state index contributed by atoms with van der Waals surface area (Å²) < 4.78 is 1.98. The van der Waals surface area contributed by atoms with Crippen LogP contribution < -0.4 is 5.32 Å². The Hall–Kier alpha value is -2.48. The van der Waals surface area contributed by atoms with Crippen molar-refractivity contribution in [1.29, 1.82) is 0 Å². The molecule has 8 heteroatoms. The van der Waals surface area contributed by atoms with Gasteiger partial charge in [0.05, 0.1) is 22.2 Å². The number of anilines is 1. The molecule has 1 aromatic carbocycles. The number of rotatable bonds is 5. The number of carbonyl (C=O) groups excluding carboxylic acids is 1. The van der Waals surface area contributed by atoms with E-state index in [0.717, 1.165) is 36.6 Å². The van der Waals surface area contributed by atoms with E-state index in [1.54, 1.807) is 26.0 Å². The zero-order chi connectivity index (χ0) is 22.2. The number of pyridine rings is 1. The molecule has 1 amide bonds. The van der Waals surface area contributed by atoms with Crippen molar-refractivity contribution in [2.45, 2.75) is 51.2 Å². The van der Waals surface area contributed by atoms with Gasteiger partial charge in [0, 0.05) is 35.6 Å². The summed E-state index contributed by atoms with van der Waals surface area (Å²) in [4.78, 5) is 16.8. The number of amides is 1. The number of aliphatic hydroxyl groups excluding tert-OH is 1. The van der Waals surface area contributed by atoms with Gasteiger partial charge in [-0.25, -0.2) is 4.98 Å². The second-order valence-electron chi connectivity index (χ2n) is 8.77. The normalized spacial score (nSPS) is 19.5. The van der Waals surface area contributed by atoms with Gasteiger partial charge in [-0.05, 0) is 69.7 Å². The van der Waals surface area contributed by atoms with E-state index in [4.69, 9.17) is 16.7 Å². The fourth-order valence-corrected chi connectivity index (χ4v) is 4.42. The Bertz CT molecular complexity index is 1100. The molecular weight excluding hydrogens is 416 g/mol. The highest BCUT2D eigenvalue weighted by Gasteiger charge is 2.26. The summed E-state index contributed by atoms with van der Waals surface area (Å²) in [5.74, 6) is -0.0616. The molecule has 3 aromatic rings. The van der Waals surface area contributed by atoms with Gasteiger partial charge in [0.1, 0.15) is 5.69 Å². The summed E-state index contributed by atoms with van der Waals surface area (Å²) in [5.41, 5.74) is 0.760. The molecule has 0 spiro atoms. The quantitative estimate of drug-likeness (QED) is 0.547. The number of halogens is 1. The number of nitrogens with zero attached hydrogens (tertiary/aromatic N) is 3. The second kappa shape index (κ2) is 8.57. The summed E-state index contributed by atoms with van der Waals surface area (Å²) >= 11 is 6.12. The highest BCUT2D eigenvalue weighted by atomic mass is 35.5. The molecule has 164 valence electrons. The highest BCUT2D eigenvalue weighted by Crippen LogP contribution is 2.35. The van der Waals surface area contributed by atoms with Crippen molar-refractivity contribution in [1.82, 2.24) is 14.8 Å². The van der Waals surface area contributed by atoms with E-state index in [2.05, 4.69) is 10.3 Å². The van der Waals surface area contributed by atoms with Crippen molar-refractivity contribution in [3.63, 3.8) is 0 Å². The topological polar surface area (TPSA) is 100 Å². The lowest BCUT2D eigenvalue weighted by atomic mass is 9.87. The minimum atomic E-state index is -1.19. The van der Waals surface area contributed by atoms with Crippen LogP contribution in [0.1, 0.15) is 61.6 Å². The van der Waals surface area contributed by atoms with Crippen molar-refractivity contribution in [2.24, 2.45) is 5.92 Å². The van der Waals surface area contributed by atoms with Crippen LogP contribution >= 0.6 is 11.6 Å². The first-order valence-corrected chi connectivity index (χ1v) is 10.9. The van der Waals surface area contributed by atoms with Gasteiger partial charge in [-0.15, -0.1) is 0 Å². The molecule has 1 fully saturated rings. The van der Waals surface area contributed by atoms with Crippen LogP contribution in [-0.4, -0.2) is 37.5 Å². The fourth-order valence-electron chi connectivity index (χ4n) is 4.21. The number of nitrogens with one attached hydrogen (secondary N) is 1. The molecule has 0 aliphatic heterocycles. The standard InChI is InChI=1S/C23H27ClN4O3/c1-23(2,31)17-11-19-15(12-28(27-19)16-7-5-14(13-29)6-8-16)10-20(17)26-22(30)21-18(24)4-3-9-25-21/h3-4,9-12,14,16,29,31H,5-8,13H2,1-2H3,(H,26,30). The first-order valence-electron chi connectivity index (χ1n) is 10.5. The molecule has 0 unspecified atom stereocenters. The SMILES string of the molecule is CC(C)(O)c1cc2nn(C3CCC(CO)CC3)cc2cc1NC(=O)c1ncccc1Cl. The first-order chi connectivity index (χ1) is 14.8. The van der Waals surface area contributed by atoms with Crippen molar-refractivity contribution in [3.05, 3.63) is 52.9 Å². The number of benzene rings is 1. The predicted octanol–water partition coefficient (Wildman–Crippen LogP) is 4.29. The molecule has 1 aliphatic carbocycles. The lowest BCUT2D eigenvalue weighted by Gasteiger charge is -2.27. The lowest BCUT2D eigenvalue weighted by Crippen LogP contribution is -2.21. The number of carbonyl (C=O) groups is 1. The van der Waals surface area contributed by atoms with E-state index in [1.807, 2.05) is 23.0 Å². The molecule has 4 rings (SSSR count). The molecule has 31 heavy (non-hydrogen) atoms. The van der Waals surface area contributed by atoms with Gasteiger partial charge in [-0.1, -0.05) is 11.6 Å². The van der Waals surface area contributed by atoms with Gasteiger partial charge in [-0.3, -0.25) is 9.48 Å². The van der Waals surface area contributed by atoms with Crippen molar-refractivity contribution >= 4 is 34.1 Å². The average Bonchev–Trinajstić information content (AvgIpc) is 3.16. The fraction of sp³-hybridized carbons (Fsp3) is 0.435. The summed E-state index contributed by atoms with van der Waals surface area (Å²) in [6.45, 7) is 3.58. The molecule has 7 nitrogen and oxygen atoms in total. The molecule has 1 saturated carbocycles. The molecule has 2 heterocycles. The van der Waals surface area contributed by atoms with Crippen LogP contribution in [0.5, 0.6) is 0 Å². The Labute approximate surface area is 186 Å². The third-order valence-corrected chi connectivity index (χ3v) is 6.30. The minimum Gasteiger partial charge on any atom is -0.396 e. The average molecular weight is 443 g/mol. The highest BCUT2D eigenvalue weighted by molar-refractivity contribution is 6.34. The van der Waals surface area contributed by atoms with Crippen molar-refractivity contribution < 1.29 is 15.0 Å². The summed E-state index contributed by atoms with van der Waals surface area (Å²) in [5, 5.41) is 28.9. The summed E-state index contributed by atoms with van der Waals surface area (Å²) in [7, 11) is 0. The van der Waals surface area contributed by atoms with Crippen LogP contribution in [0, 0.1) is 5.92 Å². The van der Waals surface area contributed by atoms with Crippen molar-refractivity contribution in [2.75, 3.05) is 11.9 Å². The third kappa shape index (κ3) is 4.59. The summed E-state index contributed by atoms with van der Waals surface area (Å²) in [6.07, 6.45) is 7.41. The van der Waals surface area contributed by atoms with Crippen LogP contribution in [0.25, 0.3) is 10.9 Å². The summed E-state index contributed by atoms with van der Waals surface area (Å²) in [6, 6.07) is 7.21. The molecule has 3 N–H and O–H groups in total. The Kier molecular flexibility index (Phi) is 6.01. The maximum absolute atomic E-state index is 12.8. The maximum atomic E-state index is 12.8. The minimum absolute atomic E-state index is 0.127. The monoisotopic (exact) mass is 442 g/mol. The number of hydrogen-bond acceptors (Lipinski definition) is 5. The van der Waals surface area contributed by atoms with E-state index in [0.29, 0.717) is 17.2 Å². The zero-order valence-corrected chi connectivity index (χ0v) is 18.4. The van der Waals surface area contributed by atoms with Gasteiger partial charge in [-0.2, -0.15) is 5.10 Å². The van der Waals surface area contributed by atoms with E-state index in [1.165, 1.54) is 6.20 Å². The number of hydrogen-bond donors (Lipinski definition) is 3. The van der Waals surface area contributed by atoms with Crippen LogP contribution in [-0.2, 0) is 5.60 Å². The Morgan fingerprint density at radius 2 is 2.03 bits per heavy atom. The Balaban J connectivity index is 1.67. The van der Waals surface area contributed by atoms with Gasteiger partial charge >= 0.3 is 0 Å². The molecule has 2 aromatic heterocycles. The largest absolute Gasteiger partial charge is 0.396 e. The number of aliphatic hydroxyl groups is 2. The third-order valence-electron chi connectivity index (χ3n) is 5.99. The predicted molar refractivity (Wildman–Crippen MR) is 120 cm³/mol. The molecular formula is C23H27ClN4O3. The smallest absolute Gasteiger partial charge is 0.275 e. The van der Waals surface area contributed by atoms with E-state index in [-0.39, 0.29) is 23.4 Å². The van der Waals surface area contributed by atoms with Crippen LogP contribution in [0.4, 0.5) is 5.69 Å². The first kappa shape index (κ1) is 21.7. The van der Waals surface area contributed by atoms with Gasteiger partial charge in [0.25, 0.3) is 5.91 Å². The Morgan fingerprint density at radius 3 is 2.68 bits per heavy atom. The second-order valence-corrected chi connectivity index (χ2v) is 9.18. The lowest BCUT2D eigenvalue weighted by molar-refractivity contribution is 0.0793. The van der Waals surface area contributed by atoms with E-state index in [9.17, 15) is 15.0 Å². The number of fused-ring (bicyclic) bond motifs is 1. The van der Waals surface area contributed by atoms with Gasteiger partial charge in [0.2, 0.25) is 0 Å². The molecule has 0 radical (unpaired) electrons. The van der Waals surface area contributed by atoms with Gasteiger partial charge in [0.15, 0.2) is 0 Å². The molecule has 1 aliphatic rings. The number of aromatic nitrogens is 3. The Morgan fingerprint density at radius 1 is 1.29 bits per heavy atom. The van der Waals surface area contributed by atoms with Crippen LogP contribution in [0.3, 0.4) is 0 Å². The maximum Gasteiger partial charge on any atom is 0.275 e. The van der Waals surface area contributed by atoms with E-state index < -0.39 is 11.5 Å². The molecule has 0 saturated heterocycles.